The highest BCUT2D eigenvalue weighted by molar-refractivity contribution is 5.94. The fourth-order valence-corrected chi connectivity index (χ4v) is 5.94. The summed E-state index contributed by atoms with van der Waals surface area (Å²) in [6.07, 6.45) is 4.94. The second kappa shape index (κ2) is 16.8. The molecule has 2 amide bonds. The SMILES string of the molecule is CCC=CC=CC(=O)NC=CC[C@H]1C[C@H]2C[C@H](O[C@@H]3O[C@H](CO)[C@@H](O)[C@H](O)[C@H]3NC(C)=O)C[C@H](Cc3cccc(O)c3C(=O)O1)O2. The van der Waals surface area contributed by atoms with E-state index in [1.54, 1.807) is 30.4 Å². The molecule has 0 aromatic heterocycles. The predicted molar refractivity (Wildman–Crippen MR) is 164 cm³/mol. The number of cyclic esters (lactones) is 1. The highest BCUT2D eigenvalue weighted by Crippen LogP contribution is 2.34. The third kappa shape index (κ3) is 9.47. The number of ether oxygens (including phenoxy) is 4. The average Bonchev–Trinajstić information content (AvgIpc) is 3.00. The summed E-state index contributed by atoms with van der Waals surface area (Å²) >= 11 is 0. The zero-order valence-corrected chi connectivity index (χ0v) is 26.0. The first-order valence-electron chi connectivity index (χ1n) is 15.6. The molecule has 252 valence electrons. The molecule has 6 N–H and O–H groups in total. The first-order chi connectivity index (χ1) is 22.1. The number of hydrogen-bond donors (Lipinski definition) is 6. The standard InChI is InChI=1S/C33H44N2O11/c1-3-4-5-6-12-27(39)34-13-8-10-21-15-23-17-24(45-33-29(35-19(2)37)31(41)30(40)26(18-36)46-33)16-22(43-23)14-20-9-7-11-25(38)28(20)32(42)44-21/h4-9,11-13,21-24,26,29-31,33,36,38,40-41H,3,10,14-18H2,1-2H3,(H,34,39)(H,35,37)/t21-,22-,23-,24+,26+,29+,30+,31+,33+/m0/s1. The second-order valence-electron chi connectivity index (χ2n) is 11.7. The lowest BCUT2D eigenvalue weighted by molar-refractivity contribution is -0.291. The molecular weight excluding hydrogens is 600 g/mol. The van der Waals surface area contributed by atoms with Gasteiger partial charge >= 0.3 is 5.97 Å². The number of carbonyl (C=O) groups is 3. The molecule has 0 aliphatic carbocycles. The van der Waals surface area contributed by atoms with Gasteiger partial charge in [-0.1, -0.05) is 43.4 Å². The number of allylic oxidation sites excluding steroid dienone is 3. The Labute approximate surface area is 267 Å². The molecule has 3 aliphatic rings. The van der Waals surface area contributed by atoms with Crippen molar-refractivity contribution in [2.45, 2.75) is 107 Å². The minimum atomic E-state index is -1.45. The third-order valence-electron chi connectivity index (χ3n) is 8.07. The Bertz CT molecular complexity index is 1300. The molecule has 13 nitrogen and oxygen atoms in total. The van der Waals surface area contributed by atoms with Gasteiger partial charge < -0.3 is 50.0 Å². The van der Waals surface area contributed by atoms with Crippen molar-refractivity contribution in [3.8, 4) is 5.75 Å². The molecule has 0 unspecified atom stereocenters. The number of nitrogens with one attached hydrogen (secondary N) is 2. The van der Waals surface area contributed by atoms with Gasteiger partial charge in [0.25, 0.3) is 0 Å². The highest BCUT2D eigenvalue weighted by atomic mass is 16.7. The summed E-state index contributed by atoms with van der Waals surface area (Å²) in [7, 11) is 0. The van der Waals surface area contributed by atoms with Gasteiger partial charge in [-0.3, -0.25) is 9.59 Å². The Hall–Kier alpha value is -3.59. The van der Waals surface area contributed by atoms with E-state index in [4.69, 9.17) is 18.9 Å². The number of phenols is 1. The van der Waals surface area contributed by atoms with Crippen molar-refractivity contribution >= 4 is 17.8 Å². The largest absolute Gasteiger partial charge is 0.507 e. The number of carbonyl (C=O) groups excluding carboxylic acids is 3. The van der Waals surface area contributed by atoms with Crippen molar-refractivity contribution in [2.75, 3.05) is 6.61 Å². The molecule has 13 heteroatoms. The zero-order chi connectivity index (χ0) is 33.2. The number of aliphatic hydroxyl groups excluding tert-OH is 3. The summed E-state index contributed by atoms with van der Waals surface area (Å²) in [5, 5.41) is 46.7. The van der Waals surface area contributed by atoms with Crippen LogP contribution in [0.4, 0.5) is 0 Å². The van der Waals surface area contributed by atoms with Gasteiger partial charge in [-0.2, -0.15) is 0 Å². The van der Waals surface area contributed by atoms with Crippen LogP contribution in [0.3, 0.4) is 0 Å². The number of aliphatic hydroxyl groups is 3. The third-order valence-corrected chi connectivity index (χ3v) is 8.07. The molecule has 0 radical (unpaired) electrons. The van der Waals surface area contributed by atoms with E-state index in [9.17, 15) is 34.8 Å². The molecule has 46 heavy (non-hydrogen) atoms. The highest BCUT2D eigenvalue weighted by Gasteiger charge is 2.47. The summed E-state index contributed by atoms with van der Waals surface area (Å²) in [6.45, 7) is 2.69. The minimum Gasteiger partial charge on any atom is -0.507 e. The Morgan fingerprint density at radius 1 is 1.07 bits per heavy atom. The lowest BCUT2D eigenvalue weighted by Crippen LogP contribution is -2.65. The Kier molecular flexibility index (Phi) is 12.9. The number of aromatic hydroxyl groups is 1. The van der Waals surface area contributed by atoms with E-state index in [2.05, 4.69) is 10.6 Å². The van der Waals surface area contributed by atoms with Gasteiger partial charge in [0.1, 0.15) is 41.8 Å². The van der Waals surface area contributed by atoms with Gasteiger partial charge in [0.05, 0.1) is 24.9 Å². The van der Waals surface area contributed by atoms with Gasteiger partial charge in [0.2, 0.25) is 11.8 Å². The van der Waals surface area contributed by atoms with Crippen molar-refractivity contribution in [1.82, 2.24) is 10.6 Å². The maximum Gasteiger partial charge on any atom is 0.342 e. The number of esters is 1. The van der Waals surface area contributed by atoms with Crippen LogP contribution in [0.2, 0.25) is 0 Å². The topological polar surface area (TPSA) is 193 Å². The molecule has 1 aromatic carbocycles. The molecule has 9 atom stereocenters. The van der Waals surface area contributed by atoms with Gasteiger partial charge in [-0.15, -0.1) is 0 Å². The summed E-state index contributed by atoms with van der Waals surface area (Å²) in [5.41, 5.74) is 0.579. The first kappa shape index (κ1) is 35.3. The minimum absolute atomic E-state index is 0.0457. The molecule has 0 saturated carbocycles. The van der Waals surface area contributed by atoms with Gasteiger partial charge in [0.15, 0.2) is 6.29 Å². The van der Waals surface area contributed by atoms with Gasteiger partial charge in [0, 0.05) is 44.9 Å². The normalized spacial score (nSPS) is 31.8. The fraction of sp³-hybridized carbons (Fsp3) is 0.545. The van der Waals surface area contributed by atoms with Crippen LogP contribution >= 0.6 is 0 Å². The van der Waals surface area contributed by atoms with Crippen molar-refractivity contribution in [2.24, 2.45) is 0 Å². The number of phenolic OH excluding ortho intramolecular Hbond substituents is 1. The van der Waals surface area contributed by atoms with E-state index < -0.39 is 73.5 Å². The van der Waals surface area contributed by atoms with Gasteiger partial charge in [-0.05, 0) is 24.5 Å². The fourth-order valence-electron chi connectivity index (χ4n) is 5.94. The second-order valence-corrected chi connectivity index (χ2v) is 11.7. The van der Waals surface area contributed by atoms with Crippen LogP contribution in [0, 0.1) is 0 Å². The van der Waals surface area contributed by atoms with E-state index >= 15 is 0 Å². The quantitative estimate of drug-likeness (QED) is 0.122. The maximum atomic E-state index is 13.3. The molecule has 1 aromatic rings. The predicted octanol–water partition coefficient (Wildman–Crippen LogP) is 1.28. The van der Waals surface area contributed by atoms with Crippen molar-refractivity contribution < 1.29 is 53.8 Å². The van der Waals surface area contributed by atoms with Gasteiger partial charge in [-0.25, -0.2) is 4.79 Å². The first-order valence-corrected chi connectivity index (χ1v) is 15.6. The van der Waals surface area contributed by atoms with Crippen LogP contribution in [0.25, 0.3) is 0 Å². The van der Waals surface area contributed by atoms with Crippen LogP contribution in [0.15, 0.2) is 54.8 Å². The lowest BCUT2D eigenvalue weighted by Gasteiger charge is -2.45. The summed E-state index contributed by atoms with van der Waals surface area (Å²) in [4.78, 5) is 37.3. The zero-order valence-electron chi connectivity index (χ0n) is 26.0. The Balaban J connectivity index is 1.53. The van der Waals surface area contributed by atoms with Crippen molar-refractivity contribution in [3.05, 3.63) is 65.9 Å². The molecule has 2 saturated heterocycles. The maximum absolute atomic E-state index is 13.3. The number of rotatable bonds is 10. The number of hydrogen-bond acceptors (Lipinski definition) is 11. The summed E-state index contributed by atoms with van der Waals surface area (Å²) in [5.74, 6) is -1.66. The Morgan fingerprint density at radius 3 is 2.59 bits per heavy atom. The molecule has 2 bridgehead atoms. The molecule has 3 aliphatic heterocycles. The molecule has 0 spiro atoms. The molecule has 2 fully saturated rings. The summed E-state index contributed by atoms with van der Waals surface area (Å²) < 4.78 is 24.4. The van der Waals surface area contributed by atoms with E-state index in [1.807, 2.05) is 13.0 Å². The number of benzene rings is 1. The van der Waals surface area contributed by atoms with Crippen LogP contribution in [0.1, 0.15) is 61.9 Å². The molecule has 4 rings (SSSR count). The van der Waals surface area contributed by atoms with E-state index in [0.29, 0.717) is 18.4 Å². The van der Waals surface area contributed by atoms with Crippen LogP contribution in [0.5, 0.6) is 5.75 Å². The smallest absolute Gasteiger partial charge is 0.342 e. The number of amides is 2. The lowest BCUT2D eigenvalue weighted by atomic mass is 9.90. The van der Waals surface area contributed by atoms with Crippen LogP contribution in [-0.4, -0.2) is 99.9 Å². The van der Waals surface area contributed by atoms with E-state index in [-0.39, 0.29) is 36.5 Å². The van der Waals surface area contributed by atoms with E-state index in [1.165, 1.54) is 25.3 Å². The average molecular weight is 645 g/mol. The monoisotopic (exact) mass is 644 g/mol. The van der Waals surface area contributed by atoms with Crippen LogP contribution in [-0.2, 0) is 35.0 Å². The van der Waals surface area contributed by atoms with Crippen molar-refractivity contribution in [1.29, 1.82) is 0 Å². The van der Waals surface area contributed by atoms with E-state index in [0.717, 1.165) is 6.42 Å². The molecular formula is C33H44N2O11. The van der Waals surface area contributed by atoms with Crippen molar-refractivity contribution in [3.63, 3.8) is 0 Å². The summed E-state index contributed by atoms with van der Waals surface area (Å²) in [6, 6.07) is 3.66. The number of fused-ring (bicyclic) bond motifs is 3. The van der Waals surface area contributed by atoms with Crippen LogP contribution < -0.4 is 10.6 Å². The molecule has 3 heterocycles. The Morgan fingerprint density at radius 2 is 1.85 bits per heavy atom.